The van der Waals surface area contributed by atoms with Gasteiger partial charge in [0.25, 0.3) is 0 Å². The van der Waals surface area contributed by atoms with Crippen molar-refractivity contribution in [1.29, 1.82) is 0 Å². The first-order chi connectivity index (χ1) is 7.23. The third-order valence-corrected chi connectivity index (χ3v) is 3.42. The molecule has 0 bridgehead atoms. The summed E-state index contributed by atoms with van der Waals surface area (Å²) < 4.78 is 2.39. The fourth-order valence-electron chi connectivity index (χ4n) is 2.58. The predicted molar refractivity (Wildman–Crippen MR) is 64.1 cm³/mol. The molecule has 2 heteroatoms. The molecule has 0 saturated carbocycles. The normalized spacial score (nSPS) is 26.0. The van der Waals surface area contributed by atoms with E-state index in [9.17, 15) is 0 Å². The molecule has 15 heavy (non-hydrogen) atoms. The number of hydrogen-bond donors (Lipinski definition) is 1. The molecule has 2 rings (SSSR count). The maximum Gasteiger partial charge on any atom is 0.0219 e. The van der Waals surface area contributed by atoms with Gasteiger partial charge in [0, 0.05) is 30.4 Å². The van der Waals surface area contributed by atoms with Gasteiger partial charge in [-0.05, 0) is 44.9 Å². The van der Waals surface area contributed by atoms with Crippen LogP contribution in [0.25, 0.3) is 0 Å². The molecule has 2 nitrogen and oxygen atoms in total. The summed E-state index contributed by atoms with van der Waals surface area (Å²) in [6.07, 6.45) is 7.22. The zero-order chi connectivity index (χ0) is 10.7. The fraction of sp³-hybridized carbons (Fsp3) is 0.692. The van der Waals surface area contributed by atoms with Gasteiger partial charge in [-0.25, -0.2) is 0 Å². The van der Waals surface area contributed by atoms with Crippen LogP contribution in [0.1, 0.15) is 38.8 Å². The van der Waals surface area contributed by atoms with Gasteiger partial charge in [-0.1, -0.05) is 6.92 Å². The maximum atomic E-state index is 3.63. The predicted octanol–water partition coefficient (Wildman–Crippen LogP) is 2.58. The summed E-state index contributed by atoms with van der Waals surface area (Å²) in [7, 11) is 0. The van der Waals surface area contributed by atoms with Crippen LogP contribution in [0.2, 0.25) is 0 Å². The third-order valence-electron chi connectivity index (χ3n) is 3.42. The lowest BCUT2D eigenvalue weighted by molar-refractivity contribution is 0.400. The van der Waals surface area contributed by atoms with Gasteiger partial charge in [-0.15, -0.1) is 0 Å². The molecule has 0 radical (unpaired) electrons. The van der Waals surface area contributed by atoms with Gasteiger partial charge in [0.2, 0.25) is 0 Å². The molecule has 1 aliphatic heterocycles. The fourth-order valence-corrected chi connectivity index (χ4v) is 2.58. The van der Waals surface area contributed by atoms with Gasteiger partial charge in [0.15, 0.2) is 0 Å². The molecule has 2 heterocycles. The summed E-state index contributed by atoms with van der Waals surface area (Å²) in [5.41, 5.74) is 1.82. The maximum absolute atomic E-state index is 3.63. The standard InChI is InChI=1S/C13H22N2/c1-3-9-15-10-4-6-12(15)11-13(2)7-5-8-14-13/h4,6,10,14H,3,5,7-9,11H2,1-2H3. The van der Waals surface area contributed by atoms with Crippen LogP contribution in [0.3, 0.4) is 0 Å². The van der Waals surface area contributed by atoms with Gasteiger partial charge in [-0.3, -0.25) is 0 Å². The second-order valence-corrected chi connectivity index (χ2v) is 4.96. The minimum Gasteiger partial charge on any atom is -0.351 e. The number of rotatable bonds is 4. The van der Waals surface area contributed by atoms with Crippen LogP contribution >= 0.6 is 0 Å². The van der Waals surface area contributed by atoms with Crippen LogP contribution in [0.4, 0.5) is 0 Å². The molecule has 0 spiro atoms. The van der Waals surface area contributed by atoms with Crippen LogP contribution in [-0.2, 0) is 13.0 Å². The van der Waals surface area contributed by atoms with Crippen molar-refractivity contribution >= 4 is 0 Å². The van der Waals surface area contributed by atoms with Crippen LogP contribution in [0, 0.1) is 0 Å². The smallest absolute Gasteiger partial charge is 0.0219 e. The Kier molecular flexibility index (Phi) is 3.15. The van der Waals surface area contributed by atoms with Gasteiger partial charge in [-0.2, -0.15) is 0 Å². The van der Waals surface area contributed by atoms with E-state index in [1.54, 1.807) is 0 Å². The Morgan fingerprint density at radius 3 is 3.07 bits per heavy atom. The van der Waals surface area contributed by atoms with E-state index < -0.39 is 0 Å². The summed E-state index contributed by atoms with van der Waals surface area (Å²) >= 11 is 0. The quantitative estimate of drug-likeness (QED) is 0.801. The van der Waals surface area contributed by atoms with Crippen LogP contribution in [-0.4, -0.2) is 16.7 Å². The van der Waals surface area contributed by atoms with Crippen molar-refractivity contribution < 1.29 is 0 Å². The average molecular weight is 206 g/mol. The molecule has 1 aromatic heterocycles. The zero-order valence-electron chi connectivity index (χ0n) is 9.92. The molecule has 84 valence electrons. The van der Waals surface area contributed by atoms with Crippen molar-refractivity contribution in [2.45, 2.75) is 51.6 Å². The molecular formula is C13H22N2. The number of aromatic nitrogens is 1. The first-order valence-corrected chi connectivity index (χ1v) is 6.12. The monoisotopic (exact) mass is 206 g/mol. The lowest BCUT2D eigenvalue weighted by Crippen LogP contribution is -2.38. The van der Waals surface area contributed by atoms with E-state index >= 15 is 0 Å². The van der Waals surface area contributed by atoms with Crippen molar-refractivity contribution in [2.75, 3.05) is 6.54 Å². The lowest BCUT2D eigenvalue weighted by atomic mass is 9.94. The Morgan fingerprint density at radius 2 is 2.40 bits per heavy atom. The highest BCUT2D eigenvalue weighted by Crippen LogP contribution is 2.23. The molecular weight excluding hydrogens is 184 g/mol. The number of aryl methyl sites for hydroxylation is 1. The van der Waals surface area contributed by atoms with E-state index in [2.05, 4.69) is 42.1 Å². The van der Waals surface area contributed by atoms with Gasteiger partial charge in [0.05, 0.1) is 0 Å². The number of hydrogen-bond acceptors (Lipinski definition) is 1. The summed E-state index contributed by atoms with van der Waals surface area (Å²) in [4.78, 5) is 0. The van der Waals surface area contributed by atoms with E-state index in [1.165, 1.54) is 37.9 Å². The lowest BCUT2D eigenvalue weighted by Gasteiger charge is -2.25. The van der Waals surface area contributed by atoms with Gasteiger partial charge < -0.3 is 9.88 Å². The van der Waals surface area contributed by atoms with Crippen molar-refractivity contribution in [3.8, 4) is 0 Å². The molecule has 0 aromatic carbocycles. The highest BCUT2D eigenvalue weighted by molar-refractivity contribution is 5.12. The zero-order valence-corrected chi connectivity index (χ0v) is 9.92. The Bertz CT molecular complexity index is 308. The van der Waals surface area contributed by atoms with E-state index in [0.29, 0.717) is 5.54 Å². The Morgan fingerprint density at radius 1 is 1.53 bits per heavy atom. The molecule has 1 aromatic rings. The van der Waals surface area contributed by atoms with Crippen LogP contribution in [0.15, 0.2) is 18.3 Å². The van der Waals surface area contributed by atoms with E-state index in [0.717, 1.165) is 6.54 Å². The molecule has 1 unspecified atom stereocenters. The van der Waals surface area contributed by atoms with Crippen molar-refractivity contribution in [3.63, 3.8) is 0 Å². The third kappa shape index (κ3) is 2.43. The summed E-state index contributed by atoms with van der Waals surface area (Å²) in [5, 5.41) is 3.63. The Balaban J connectivity index is 2.06. The average Bonchev–Trinajstić information content (AvgIpc) is 2.78. The molecule has 1 aliphatic rings. The largest absolute Gasteiger partial charge is 0.351 e. The van der Waals surface area contributed by atoms with E-state index in [1.807, 2.05) is 0 Å². The Labute approximate surface area is 92.7 Å². The molecule has 1 N–H and O–H groups in total. The van der Waals surface area contributed by atoms with Gasteiger partial charge >= 0.3 is 0 Å². The van der Waals surface area contributed by atoms with Crippen molar-refractivity contribution in [3.05, 3.63) is 24.0 Å². The van der Waals surface area contributed by atoms with Crippen molar-refractivity contribution in [1.82, 2.24) is 9.88 Å². The topological polar surface area (TPSA) is 17.0 Å². The summed E-state index contributed by atoms with van der Waals surface area (Å²) in [6.45, 7) is 6.92. The van der Waals surface area contributed by atoms with E-state index in [-0.39, 0.29) is 0 Å². The number of nitrogens with one attached hydrogen (secondary N) is 1. The molecule has 0 amide bonds. The first kappa shape index (κ1) is 10.7. The van der Waals surface area contributed by atoms with Crippen molar-refractivity contribution in [2.24, 2.45) is 0 Å². The second kappa shape index (κ2) is 4.40. The molecule has 0 aliphatic carbocycles. The molecule has 1 fully saturated rings. The highest BCUT2D eigenvalue weighted by Gasteiger charge is 2.28. The molecule has 1 atom stereocenters. The van der Waals surface area contributed by atoms with E-state index in [4.69, 9.17) is 0 Å². The van der Waals surface area contributed by atoms with Crippen LogP contribution in [0.5, 0.6) is 0 Å². The highest BCUT2D eigenvalue weighted by atomic mass is 15.0. The SMILES string of the molecule is CCCn1cccc1CC1(C)CCCN1. The summed E-state index contributed by atoms with van der Waals surface area (Å²) in [6, 6.07) is 4.43. The van der Waals surface area contributed by atoms with Crippen LogP contribution < -0.4 is 5.32 Å². The number of nitrogens with zero attached hydrogens (tertiary/aromatic N) is 1. The summed E-state index contributed by atoms with van der Waals surface area (Å²) in [5.74, 6) is 0. The second-order valence-electron chi connectivity index (χ2n) is 4.96. The molecule has 1 saturated heterocycles. The minimum absolute atomic E-state index is 0.337. The first-order valence-electron chi connectivity index (χ1n) is 6.12. The minimum atomic E-state index is 0.337. The van der Waals surface area contributed by atoms with Gasteiger partial charge in [0.1, 0.15) is 0 Å². The Hall–Kier alpha value is -0.760.